The lowest BCUT2D eigenvalue weighted by Crippen LogP contribution is -2.63. The fourth-order valence-electron chi connectivity index (χ4n) is 4.17. The van der Waals surface area contributed by atoms with E-state index in [0.29, 0.717) is 19.5 Å². The van der Waals surface area contributed by atoms with Gasteiger partial charge in [-0.2, -0.15) is 5.10 Å². The average molecular weight is 426 g/mol. The third-order valence-corrected chi connectivity index (χ3v) is 6.19. The van der Waals surface area contributed by atoms with E-state index in [9.17, 15) is 14.0 Å². The van der Waals surface area contributed by atoms with Crippen molar-refractivity contribution in [1.29, 1.82) is 0 Å². The predicted octanol–water partition coefficient (Wildman–Crippen LogP) is 3.16. The molecule has 1 fully saturated rings. The van der Waals surface area contributed by atoms with Crippen molar-refractivity contribution in [1.82, 2.24) is 19.9 Å². The van der Waals surface area contributed by atoms with Crippen LogP contribution in [0.4, 0.5) is 4.39 Å². The molecule has 0 saturated carbocycles. The van der Waals surface area contributed by atoms with E-state index in [4.69, 9.17) is 5.10 Å². The van der Waals surface area contributed by atoms with Crippen LogP contribution in [0.15, 0.2) is 35.6 Å². The van der Waals surface area contributed by atoms with Crippen LogP contribution in [-0.2, 0) is 4.79 Å². The number of carbonyl (C=O) groups is 2. The number of benzene rings is 1. The number of hydrogen-bond acceptors (Lipinski definition) is 4. The zero-order chi connectivity index (χ0) is 22.6. The second-order valence-electron chi connectivity index (χ2n) is 9.78. The van der Waals surface area contributed by atoms with Gasteiger partial charge in [-0.3, -0.25) is 9.59 Å². The first kappa shape index (κ1) is 21.2. The SMILES string of the molecule is CC(C)(C)C1CC(c2ccc(F)cc2)=Nn2cc(C(=O)N3CCNC(=O)C3(C)C)nc21. The van der Waals surface area contributed by atoms with E-state index in [0.717, 1.165) is 17.1 Å². The normalized spacial score (nSPS) is 20.7. The van der Waals surface area contributed by atoms with Gasteiger partial charge >= 0.3 is 0 Å². The number of nitrogens with zero attached hydrogens (tertiary/aromatic N) is 4. The van der Waals surface area contributed by atoms with E-state index in [2.05, 4.69) is 31.1 Å². The Hall–Kier alpha value is -3.03. The summed E-state index contributed by atoms with van der Waals surface area (Å²) in [6, 6.07) is 6.28. The van der Waals surface area contributed by atoms with Crippen molar-refractivity contribution in [2.45, 2.75) is 52.5 Å². The number of halogens is 1. The summed E-state index contributed by atoms with van der Waals surface area (Å²) in [4.78, 5) is 31.8. The van der Waals surface area contributed by atoms with Gasteiger partial charge < -0.3 is 10.2 Å². The van der Waals surface area contributed by atoms with E-state index in [1.54, 1.807) is 41.8 Å². The Balaban J connectivity index is 1.75. The fraction of sp³-hybridized carbons (Fsp3) is 0.478. The molecular formula is C23H28FN5O2. The summed E-state index contributed by atoms with van der Waals surface area (Å²) in [6.45, 7) is 10.7. The van der Waals surface area contributed by atoms with Crippen LogP contribution in [0.2, 0.25) is 0 Å². The van der Waals surface area contributed by atoms with Crippen LogP contribution in [0, 0.1) is 11.2 Å². The maximum atomic E-state index is 13.4. The number of fused-ring (bicyclic) bond motifs is 1. The molecule has 2 aliphatic rings. The number of amides is 2. The molecule has 2 aliphatic heterocycles. The van der Waals surface area contributed by atoms with Crippen molar-refractivity contribution >= 4 is 17.5 Å². The van der Waals surface area contributed by atoms with Gasteiger partial charge in [-0.15, -0.1) is 0 Å². The molecule has 8 heteroatoms. The highest BCUT2D eigenvalue weighted by Crippen LogP contribution is 2.40. The minimum atomic E-state index is -0.953. The average Bonchev–Trinajstić information content (AvgIpc) is 3.12. The molecule has 0 aliphatic carbocycles. The Kier molecular flexibility index (Phi) is 4.98. The summed E-state index contributed by atoms with van der Waals surface area (Å²) < 4.78 is 15.1. The molecule has 1 N–H and O–H groups in total. The van der Waals surface area contributed by atoms with Crippen molar-refractivity contribution in [2.75, 3.05) is 13.1 Å². The smallest absolute Gasteiger partial charge is 0.275 e. The minimum Gasteiger partial charge on any atom is -0.352 e. The van der Waals surface area contributed by atoms with Crippen molar-refractivity contribution in [3.8, 4) is 0 Å². The molecule has 3 heterocycles. The van der Waals surface area contributed by atoms with Gasteiger partial charge in [0.25, 0.3) is 5.91 Å². The second-order valence-corrected chi connectivity index (χ2v) is 9.78. The molecule has 0 spiro atoms. The highest BCUT2D eigenvalue weighted by molar-refractivity contribution is 6.02. The molecule has 0 radical (unpaired) electrons. The van der Waals surface area contributed by atoms with Crippen LogP contribution in [0.1, 0.15) is 68.8 Å². The lowest BCUT2D eigenvalue weighted by molar-refractivity contribution is -0.133. The summed E-state index contributed by atoms with van der Waals surface area (Å²) in [6.07, 6.45) is 2.28. The number of imidazole rings is 1. The zero-order valence-electron chi connectivity index (χ0n) is 18.6. The molecule has 31 heavy (non-hydrogen) atoms. The van der Waals surface area contributed by atoms with Gasteiger partial charge in [0.15, 0.2) is 0 Å². The maximum absolute atomic E-state index is 13.4. The van der Waals surface area contributed by atoms with Gasteiger partial charge in [0, 0.05) is 25.4 Å². The van der Waals surface area contributed by atoms with Crippen LogP contribution in [0.5, 0.6) is 0 Å². The molecule has 1 atom stereocenters. The molecule has 1 unspecified atom stereocenters. The van der Waals surface area contributed by atoms with Crippen LogP contribution in [-0.4, -0.2) is 50.7 Å². The van der Waals surface area contributed by atoms with Crippen LogP contribution < -0.4 is 5.32 Å². The third kappa shape index (κ3) is 3.75. The van der Waals surface area contributed by atoms with Crippen molar-refractivity contribution in [3.63, 3.8) is 0 Å². The Morgan fingerprint density at radius 2 is 1.90 bits per heavy atom. The molecule has 1 saturated heterocycles. The van der Waals surface area contributed by atoms with Gasteiger partial charge in [0.2, 0.25) is 5.91 Å². The maximum Gasteiger partial charge on any atom is 0.275 e. The number of rotatable bonds is 2. The number of nitrogens with one attached hydrogen (secondary N) is 1. The van der Waals surface area contributed by atoms with Gasteiger partial charge in [-0.05, 0) is 37.0 Å². The summed E-state index contributed by atoms with van der Waals surface area (Å²) in [5.41, 5.74) is 0.856. The number of carbonyl (C=O) groups excluding carboxylic acids is 2. The molecule has 1 aromatic heterocycles. The molecule has 164 valence electrons. The molecule has 4 rings (SSSR count). The zero-order valence-corrected chi connectivity index (χ0v) is 18.6. The highest BCUT2D eigenvalue weighted by Gasteiger charge is 2.42. The van der Waals surface area contributed by atoms with Gasteiger partial charge in [-0.1, -0.05) is 32.9 Å². The Morgan fingerprint density at radius 3 is 2.55 bits per heavy atom. The Labute approximate surface area is 181 Å². The van der Waals surface area contributed by atoms with Crippen molar-refractivity contribution in [2.24, 2.45) is 10.5 Å². The lowest BCUT2D eigenvalue weighted by atomic mass is 9.76. The fourth-order valence-corrected chi connectivity index (χ4v) is 4.17. The standard InChI is InChI=1S/C23H28FN5O2/c1-22(2,3)16-12-17(14-6-8-15(24)9-7-14)27-29-13-18(26-19(16)29)20(30)28-11-10-25-21(31)23(28,4)5/h6-9,13,16H,10-12H2,1-5H3,(H,25,31). The first-order valence-electron chi connectivity index (χ1n) is 10.5. The van der Waals surface area contributed by atoms with E-state index >= 15 is 0 Å². The van der Waals surface area contributed by atoms with Gasteiger partial charge in [0.1, 0.15) is 22.9 Å². The van der Waals surface area contributed by atoms with E-state index in [1.807, 2.05) is 0 Å². The largest absolute Gasteiger partial charge is 0.352 e. The minimum absolute atomic E-state index is 0.0178. The van der Waals surface area contributed by atoms with Crippen LogP contribution in [0.25, 0.3) is 0 Å². The van der Waals surface area contributed by atoms with E-state index in [-0.39, 0.29) is 34.7 Å². The quantitative estimate of drug-likeness (QED) is 0.803. The predicted molar refractivity (Wildman–Crippen MR) is 116 cm³/mol. The number of piperazine rings is 1. The molecule has 0 bridgehead atoms. The van der Waals surface area contributed by atoms with Crippen LogP contribution >= 0.6 is 0 Å². The summed E-state index contributed by atoms with van der Waals surface area (Å²) in [7, 11) is 0. The monoisotopic (exact) mass is 425 g/mol. The highest BCUT2D eigenvalue weighted by atomic mass is 19.1. The summed E-state index contributed by atoms with van der Waals surface area (Å²) in [5.74, 6) is -0.0182. The van der Waals surface area contributed by atoms with Crippen LogP contribution in [0.3, 0.4) is 0 Å². The molecular weight excluding hydrogens is 397 g/mol. The lowest BCUT2D eigenvalue weighted by Gasteiger charge is -2.40. The molecule has 7 nitrogen and oxygen atoms in total. The Bertz CT molecular complexity index is 1060. The summed E-state index contributed by atoms with van der Waals surface area (Å²) in [5, 5.41) is 7.51. The number of hydrogen-bond donors (Lipinski definition) is 1. The first-order valence-corrected chi connectivity index (χ1v) is 10.5. The van der Waals surface area contributed by atoms with Gasteiger partial charge in [0.05, 0.1) is 11.9 Å². The summed E-state index contributed by atoms with van der Waals surface area (Å²) >= 11 is 0. The molecule has 1 aromatic carbocycles. The molecule has 2 aromatic rings. The van der Waals surface area contributed by atoms with E-state index < -0.39 is 5.54 Å². The van der Waals surface area contributed by atoms with Crippen molar-refractivity contribution < 1.29 is 14.0 Å². The topological polar surface area (TPSA) is 79.6 Å². The molecule has 2 amide bonds. The van der Waals surface area contributed by atoms with Gasteiger partial charge in [-0.25, -0.2) is 14.1 Å². The third-order valence-electron chi connectivity index (χ3n) is 6.19. The first-order chi connectivity index (χ1) is 14.5. The number of aromatic nitrogens is 2. The second kappa shape index (κ2) is 7.28. The Morgan fingerprint density at radius 1 is 1.23 bits per heavy atom. The van der Waals surface area contributed by atoms with E-state index in [1.165, 1.54) is 12.1 Å². The van der Waals surface area contributed by atoms with Crippen molar-refractivity contribution in [3.05, 3.63) is 53.4 Å².